The van der Waals surface area contributed by atoms with Crippen LogP contribution in [-0.2, 0) is 11.3 Å². The summed E-state index contributed by atoms with van der Waals surface area (Å²) in [5.41, 5.74) is 0.530. The Bertz CT molecular complexity index is 1260. The number of benzene rings is 2. The lowest BCUT2D eigenvalue weighted by Crippen LogP contribution is -2.29. The Labute approximate surface area is 205 Å². The number of anilines is 1. The summed E-state index contributed by atoms with van der Waals surface area (Å²) in [7, 11) is 0. The third kappa shape index (κ3) is 5.46. The van der Waals surface area contributed by atoms with Gasteiger partial charge in [-0.3, -0.25) is 9.59 Å². The van der Waals surface area contributed by atoms with Crippen LogP contribution in [0.3, 0.4) is 0 Å². The van der Waals surface area contributed by atoms with Crippen LogP contribution >= 0.6 is 11.8 Å². The van der Waals surface area contributed by atoms with Gasteiger partial charge in [-0.25, -0.2) is 4.39 Å². The number of carbonyl (C=O) groups is 2. The summed E-state index contributed by atoms with van der Waals surface area (Å²) >= 11 is 1.22. The van der Waals surface area contributed by atoms with Crippen molar-refractivity contribution < 1.29 is 23.5 Å². The summed E-state index contributed by atoms with van der Waals surface area (Å²) < 4.78 is 26.4. The lowest BCUT2D eigenvalue weighted by atomic mass is 10.2. The maximum atomic E-state index is 14.0. The standard InChI is InChI=1S/C24H24FN5O4S/c1-4-11-30-21(14(2)26-23(32)17-7-5-6-8-18(17)25)28-29-24(30)35-15(3)22(31)27-16-9-10-19-20(12-16)34-13-33-19/h4-10,12,14-15H,1,11,13H2,2-3H3,(H,26,32)(H,27,31)/t14-,15-/m1/s1. The van der Waals surface area contributed by atoms with Gasteiger partial charge < -0.3 is 24.7 Å². The summed E-state index contributed by atoms with van der Waals surface area (Å²) in [6.45, 7) is 7.77. The molecule has 1 aliphatic rings. The number of nitrogens with zero attached hydrogens (tertiary/aromatic N) is 3. The summed E-state index contributed by atoms with van der Waals surface area (Å²) in [5, 5.41) is 14.0. The third-order valence-corrected chi connectivity index (χ3v) is 6.28. The maximum absolute atomic E-state index is 14.0. The highest BCUT2D eigenvalue weighted by molar-refractivity contribution is 8.00. The van der Waals surface area contributed by atoms with Gasteiger partial charge in [-0.2, -0.15) is 0 Å². The van der Waals surface area contributed by atoms with E-state index < -0.39 is 23.0 Å². The maximum Gasteiger partial charge on any atom is 0.254 e. The van der Waals surface area contributed by atoms with Gasteiger partial charge in [0.2, 0.25) is 12.7 Å². The van der Waals surface area contributed by atoms with Gasteiger partial charge >= 0.3 is 0 Å². The fourth-order valence-corrected chi connectivity index (χ4v) is 4.29. The number of halogens is 1. The van der Waals surface area contributed by atoms with E-state index in [1.165, 1.54) is 30.0 Å². The molecule has 35 heavy (non-hydrogen) atoms. The van der Waals surface area contributed by atoms with E-state index in [1.54, 1.807) is 48.8 Å². The number of hydrogen-bond acceptors (Lipinski definition) is 7. The largest absolute Gasteiger partial charge is 0.454 e. The second-order valence-corrected chi connectivity index (χ2v) is 9.04. The first-order valence-corrected chi connectivity index (χ1v) is 11.7. The van der Waals surface area contributed by atoms with Gasteiger partial charge in [-0.05, 0) is 38.1 Å². The van der Waals surface area contributed by atoms with Crippen molar-refractivity contribution in [3.63, 3.8) is 0 Å². The molecule has 0 spiro atoms. The molecule has 2 aromatic carbocycles. The fourth-order valence-electron chi connectivity index (χ4n) is 3.42. The number of ether oxygens (including phenoxy) is 2. The Hall–Kier alpha value is -3.86. The normalized spacial score (nSPS) is 13.7. The van der Waals surface area contributed by atoms with Gasteiger partial charge in [0.15, 0.2) is 22.5 Å². The average molecular weight is 498 g/mol. The van der Waals surface area contributed by atoms with Crippen molar-refractivity contribution in [2.24, 2.45) is 0 Å². The predicted octanol–water partition coefficient (Wildman–Crippen LogP) is 3.94. The zero-order chi connectivity index (χ0) is 24.9. The number of hydrogen-bond donors (Lipinski definition) is 2. The molecule has 2 heterocycles. The lowest BCUT2D eigenvalue weighted by Gasteiger charge is -2.16. The summed E-state index contributed by atoms with van der Waals surface area (Å²) in [6.07, 6.45) is 1.67. The molecule has 0 aliphatic carbocycles. The van der Waals surface area contributed by atoms with Crippen molar-refractivity contribution >= 4 is 29.3 Å². The number of allylic oxidation sites excluding steroid dienone is 1. The number of carbonyl (C=O) groups excluding carboxylic acids is 2. The van der Waals surface area contributed by atoms with Crippen LogP contribution in [0.4, 0.5) is 10.1 Å². The zero-order valence-electron chi connectivity index (χ0n) is 19.2. The third-order valence-electron chi connectivity index (χ3n) is 5.20. The number of nitrogens with one attached hydrogen (secondary N) is 2. The summed E-state index contributed by atoms with van der Waals surface area (Å²) in [5.74, 6) is 0.263. The molecule has 0 saturated carbocycles. The Morgan fingerprint density at radius 3 is 2.74 bits per heavy atom. The molecule has 0 radical (unpaired) electrons. The van der Waals surface area contributed by atoms with Crippen molar-refractivity contribution in [3.8, 4) is 11.5 Å². The molecule has 0 bridgehead atoms. The molecule has 182 valence electrons. The molecular weight excluding hydrogens is 473 g/mol. The highest BCUT2D eigenvalue weighted by atomic mass is 32.2. The molecule has 3 aromatic rings. The highest BCUT2D eigenvalue weighted by Gasteiger charge is 2.24. The van der Waals surface area contributed by atoms with E-state index in [1.807, 2.05) is 0 Å². The minimum absolute atomic E-state index is 0.0578. The average Bonchev–Trinajstić information content (AvgIpc) is 3.46. The molecule has 0 fully saturated rings. The molecule has 2 amide bonds. The number of thioether (sulfide) groups is 1. The van der Waals surface area contributed by atoms with Crippen LogP contribution in [0.5, 0.6) is 11.5 Å². The van der Waals surface area contributed by atoms with Crippen LogP contribution in [0.25, 0.3) is 0 Å². The Kier molecular flexibility index (Phi) is 7.35. The second kappa shape index (κ2) is 10.6. The van der Waals surface area contributed by atoms with Crippen LogP contribution in [0.15, 0.2) is 60.3 Å². The van der Waals surface area contributed by atoms with Crippen molar-refractivity contribution in [3.05, 3.63) is 72.3 Å². The first kappa shape index (κ1) is 24.3. The molecule has 9 nitrogen and oxygen atoms in total. The summed E-state index contributed by atoms with van der Waals surface area (Å²) in [6, 6.07) is 10.4. The molecule has 11 heteroatoms. The van der Waals surface area contributed by atoms with Crippen LogP contribution in [0.2, 0.25) is 0 Å². The first-order chi connectivity index (χ1) is 16.9. The smallest absolute Gasteiger partial charge is 0.254 e. The molecule has 0 saturated heterocycles. The molecule has 2 atom stereocenters. The molecular formula is C24H24FN5O4S. The van der Waals surface area contributed by atoms with Gasteiger partial charge in [-0.15, -0.1) is 16.8 Å². The van der Waals surface area contributed by atoms with Gasteiger partial charge in [0.1, 0.15) is 5.82 Å². The SMILES string of the molecule is C=CCn1c(S[C@H](C)C(=O)Nc2ccc3c(c2)OCO3)nnc1[C@@H](C)NC(=O)c1ccccc1F. The zero-order valence-corrected chi connectivity index (χ0v) is 20.0. The first-order valence-electron chi connectivity index (χ1n) is 10.8. The Morgan fingerprint density at radius 1 is 1.20 bits per heavy atom. The van der Waals surface area contributed by atoms with E-state index in [4.69, 9.17) is 9.47 Å². The van der Waals surface area contributed by atoms with Crippen LogP contribution < -0.4 is 20.1 Å². The quantitative estimate of drug-likeness (QED) is 0.341. The predicted molar refractivity (Wildman–Crippen MR) is 129 cm³/mol. The van der Waals surface area contributed by atoms with Crippen LogP contribution in [-0.4, -0.2) is 38.6 Å². The van der Waals surface area contributed by atoms with E-state index in [-0.39, 0.29) is 18.3 Å². The Balaban J connectivity index is 1.44. The van der Waals surface area contributed by atoms with Gasteiger partial charge in [0.05, 0.1) is 16.9 Å². The molecule has 4 rings (SSSR count). The molecule has 2 N–H and O–H groups in total. The van der Waals surface area contributed by atoms with E-state index in [9.17, 15) is 14.0 Å². The van der Waals surface area contributed by atoms with E-state index in [0.29, 0.717) is 34.7 Å². The van der Waals surface area contributed by atoms with Crippen LogP contribution in [0.1, 0.15) is 36.1 Å². The molecule has 1 aliphatic heterocycles. The minimum Gasteiger partial charge on any atom is -0.454 e. The monoisotopic (exact) mass is 497 g/mol. The fraction of sp³-hybridized carbons (Fsp3) is 0.250. The van der Waals surface area contributed by atoms with E-state index in [2.05, 4.69) is 27.4 Å². The van der Waals surface area contributed by atoms with Gasteiger partial charge in [-0.1, -0.05) is 30.0 Å². The Morgan fingerprint density at radius 2 is 1.97 bits per heavy atom. The van der Waals surface area contributed by atoms with Crippen molar-refractivity contribution in [2.75, 3.05) is 12.1 Å². The minimum atomic E-state index is -0.608. The topological polar surface area (TPSA) is 107 Å². The number of amides is 2. The molecule has 1 aromatic heterocycles. The van der Waals surface area contributed by atoms with Crippen molar-refractivity contribution in [1.82, 2.24) is 20.1 Å². The van der Waals surface area contributed by atoms with Crippen molar-refractivity contribution in [1.29, 1.82) is 0 Å². The number of rotatable bonds is 9. The van der Waals surface area contributed by atoms with Gasteiger partial charge in [0.25, 0.3) is 5.91 Å². The number of aromatic nitrogens is 3. The van der Waals surface area contributed by atoms with E-state index >= 15 is 0 Å². The van der Waals surface area contributed by atoms with E-state index in [0.717, 1.165) is 0 Å². The second-order valence-electron chi connectivity index (χ2n) is 7.73. The van der Waals surface area contributed by atoms with Gasteiger partial charge in [0, 0.05) is 18.3 Å². The number of fused-ring (bicyclic) bond motifs is 1. The lowest BCUT2D eigenvalue weighted by molar-refractivity contribution is -0.115. The van der Waals surface area contributed by atoms with Crippen molar-refractivity contribution in [2.45, 2.75) is 36.8 Å². The summed E-state index contributed by atoms with van der Waals surface area (Å²) in [4.78, 5) is 25.3. The highest BCUT2D eigenvalue weighted by Crippen LogP contribution is 2.34. The van der Waals surface area contributed by atoms with Crippen LogP contribution in [0, 0.1) is 5.82 Å². The molecule has 0 unspecified atom stereocenters.